The fourth-order valence-corrected chi connectivity index (χ4v) is 3.71. The third-order valence-electron chi connectivity index (χ3n) is 4.77. The lowest BCUT2D eigenvalue weighted by atomic mass is 9.89. The van der Waals surface area contributed by atoms with Crippen LogP contribution in [0.25, 0.3) is 5.57 Å². The molecule has 0 N–H and O–H groups in total. The molecule has 2 aromatic rings. The maximum atomic E-state index is 6.01. The molecule has 118 valence electrons. The summed E-state index contributed by atoms with van der Waals surface area (Å²) >= 11 is 6.01. The van der Waals surface area contributed by atoms with Crippen molar-refractivity contribution in [2.45, 2.75) is 25.0 Å². The number of nitrogens with zero attached hydrogens (tertiary/aromatic N) is 1. The summed E-state index contributed by atoms with van der Waals surface area (Å²) in [7, 11) is 0. The van der Waals surface area contributed by atoms with E-state index >= 15 is 0 Å². The first-order chi connectivity index (χ1) is 11.3. The number of halogens is 1. The predicted octanol–water partition coefficient (Wildman–Crippen LogP) is 4.40. The van der Waals surface area contributed by atoms with Crippen LogP contribution in [0.1, 0.15) is 17.5 Å². The van der Waals surface area contributed by atoms with E-state index in [1.54, 1.807) is 0 Å². The quantitative estimate of drug-likeness (QED) is 0.829. The van der Waals surface area contributed by atoms with E-state index in [0.717, 1.165) is 31.2 Å². The average Bonchev–Trinajstić information content (AvgIpc) is 2.56. The predicted molar refractivity (Wildman–Crippen MR) is 94.4 cm³/mol. The van der Waals surface area contributed by atoms with Gasteiger partial charge in [-0.3, -0.25) is 4.90 Å². The Morgan fingerprint density at radius 2 is 1.78 bits per heavy atom. The van der Waals surface area contributed by atoms with E-state index in [9.17, 15) is 0 Å². The molecular formula is C20H20ClNO. The number of fused-ring (bicyclic) bond motifs is 2. The van der Waals surface area contributed by atoms with Crippen molar-refractivity contribution >= 4 is 17.2 Å². The molecule has 1 fully saturated rings. The maximum Gasteiger partial charge on any atom is 0.0658 e. The minimum absolute atomic E-state index is 0.355. The van der Waals surface area contributed by atoms with Crippen LogP contribution in [-0.2, 0) is 11.3 Å². The van der Waals surface area contributed by atoms with E-state index in [1.165, 1.54) is 16.7 Å². The van der Waals surface area contributed by atoms with Crippen LogP contribution < -0.4 is 0 Å². The van der Waals surface area contributed by atoms with E-state index in [1.807, 2.05) is 12.1 Å². The summed E-state index contributed by atoms with van der Waals surface area (Å²) in [5, 5.41) is 0.791. The fourth-order valence-electron chi connectivity index (χ4n) is 3.58. The third kappa shape index (κ3) is 3.20. The number of rotatable bonds is 3. The molecule has 2 aliphatic rings. The smallest absolute Gasteiger partial charge is 0.0658 e. The Hall–Kier alpha value is -1.61. The van der Waals surface area contributed by atoms with Gasteiger partial charge in [0.25, 0.3) is 0 Å². The van der Waals surface area contributed by atoms with Crippen molar-refractivity contribution in [1.29, 1.82) is 0 Å². The number of morpholine rings is 1. The highest BCUT2D eigenvalue weighted by Gasteiger charge is 2.34. The highest BCUT2D eigenvalue weighted by molar-refractivity contribution is 6.30. The van der Waals surface area contributed by atoms with Crippen molar-refractivity contribution in [1.82, 2.24) is 4.90 Å². The Bertz CT molecular complexity index is 695. The zero-order valence-electron chi connectivity index (χ0n) is 13.0. The van der Waals surface area contributed by atoms with Gasteiger partial charge in [-0.05, 0) is 35.3 Å². The Kier molecular flexibility index (Phi) is 4.21. The molecule has 2 aromatic carbocycles. The highest BCUT2D eigenvalue weighted by Crippen LogP contribution is 2.33. The largest absolute Gasteiger partial charge is 0.378 e. The lowest BCUT2D eigenvalue weighted by molar-refractivity contribution is -0.0402. The van der Waals surface area contributed by atoms with Crippen LogP contribution in [0.5, 0.6) is 0 Å². The molecule has 2 bridgehead atoms. The molecule has 1 saturated heterocycles. The van der Waals surface area contributed by atoms with Crippen molar-refractivity contribution in [2.24, 2.45) is 0 Å². The van der Waals surface area contributed by atoms with E-state index in [-0.39, 0.29) is 0 Å². The van der Waals surface area contributed by atoms with Gasteiger partial charge in [-0.1, -0.05) is 60.1 Å². The molecule has 3 heteroatoms. The van der Waals surface area contributed by atoms with Crippen LogP contribution in [0.3, 0.4) is 0 Å². The molecule has 0 saturated carbocycles. The lowest BCUT2D eigenvalue weighted by Crippen LogP contribution is -2.53. The summed E-state index contributed by atoms with van der Waals surface area (Å²) in [6.45, 7) is 2.58. The van der Waals surface area contributed by atoms with Crippen LogP contribution in [0.15, 0.2) is 60.7 Å². The molecule has 2 unspecified atom stereocenters. The second kappa shape index (κ2) is 6.48. The molecule has 2 atom stereocenters. The summed E-state index contributed by atoms with van der Waals surface area (Å²) in [5.41, 5.74) is 4.07. The molecular weight excluding hydrogens is 306 g/mol. The number of hydrogen-bond acceptors (Lipinski definition) is 2. The van der Waals surface area contributed by atoms with Crippen molar-refractivity contribution in [3.63, 3.8) is 0 Å². The first-order valence-electron chi connectivity index (χ1n) is 8.13. The van der Waals surface area contributed by atoms with Crippen LogP contribution in [0.4, 0.5) is 0 Å². The monoisotopic (exact) mass is 325 g/mol. The first kappa shape index (κ1) is 14.9. The van der Waals surface area contributed by atoms with Crippen LogP contribution in [-0.4, -0.2) is 30.2 Å². The number of hydrogen-bond donors (Lipinski definition) is 0. The van der Waals surface area contributed by atoms with E-state index in [2.05, 4.69) is 53.4 Å². The molecule has 0 aliphatic carbocycles. The normalized spacial score (nSPS) is 24.3. The molecule has 0 amide bonds. The molecule has 23 heavy (non-hydrogen) atoms. The van der Waals surface area contributed by atoms with Gasteiger partial charge >= 0.3 is 0 Å². The van der Waals surface area contributed by atoms with E-state index < -0.39 is 0 Å². The second-order valence-corrected chi connectivity index (χ2v) is 6.76. The Morgan fingerprint density at radius 1 is 1.00 bits per heavy atom. The average molecular weight is 326 g/mol. The minimum Gasteiger partial charge on any atom is -0.378 e. The minimum atomic E-state index is 0.355. The Balaban J connectivity index is 1.59. The van der Waals surface area contributed by atoms with Crippen molar-refractivity contribution < 1.29 is 4.74 Å². The molecule has 0 spiro atoms. The zero-order valence-corrected chi connectivity index (χ0v) is 13.7. The molecule has 4 rings (SSSR count). The van der Waals surface area contributed by atoms with Crippen LogP contribution in [0, 0.1) is 0 Å². The fraction of sp³-hybridized carbons (Fsp3) is 0.300. The topological polar surface area (TPSA) is 12.5 Å². The number of ether oxygens (including phenoxy) is 1. The van der Waals surface area contributed by atoms with Crippen LogP contribution in [0.2, 0.25) is 5.02 Å². The van der Waals surface area contributed by atoms with Crippen molar-refractivity contribution in [3.05, 3.63) is 76.8 Å². The summed E-state index contributed by atoms with van der Waals surface area (Å²) in [5.74, 6) is 0. The standard InChI is InChI=1S/C20H20ClNO/c21-18-8-6-16(7-9-18)17-10-19-13-23-14-20(11-17)22(19)12-15-4-2-1-3-5-15/h1-10,19-20H,11-14H2. The molecule has 0 aromatic heterocycles. The van der Waals surface area contributed by atoms with E-state index in [0.29, 0.717) is 12.1 Å². The Morgan fingerprint density at radius 3 is 2.52 bits per heavy atom. The van der Waals surface area contributed by atoms with Gasteiger partial charge in [0.15, 0.2) is 0 Å². The molecule has 2 aliphatic heterocycles. The van der Waals surface area contributed by atoms with Gasteiger partial charge in [0.1, 0.15) is 0 Å². The van der Waals surface area contributed by atoms with Gasteiger partial charge in [-0.2, -0.15) is 0 Å². The zero-order chi connectivity index (χ0) is 15.6. The molecule has 0 radical (unpaired) electrons. The number of benzene rings is 2. The van der Waals surface area contributed by atoms with Gasteiger partial charge in [0, 0.05) is 17.6 Å². The first-order valence-corrected chi connectivity index (χ1v) is 8.51. The third-order valence-corrected chi connectivity index (χ3v) is 5.02. The second-order valence-electron chi connectivity index (χ2n) is 6.32. The van der Waals surface area contributed by atoms with Crippen molar-refractivity contribution in [3.8, 4) is 0 Å². The van der Waals surface area contributed by atoms with Gasteiger partial charge in [0.05, 0.1) is 19.3 Å². The van der Waals surface area contributed by atoms with Crippen molar-refractivity contribution in [2.75, 3.05) is 13.2 Å². The Labute approximate surface area is 142 Å². The summed E-state index contributed by atoms with van der Waals surface area (Å²) in [6.07, 6.45) is 3.41. The van der Waals surface area contributed by atoms with Crippen LogP contribution >= 0.6 is 11.6 Å². The van der Waals surface area contributed by atoms with Gasteiger partial charge in [-0.25, -0.2) is 0 Å². The molecule has 2 heterocycles. The van der Waals surface area contributed by atoms with Gasteiger partial charge < -0.3 is 4.74 Å². The van der Waals surface area contributed by atoms with Gasteiger partial charge in [0.2, 0.25) is 0 Å². The van der Waals surface area contributed by atoms with Gasteiger partial charge in [-0.15, -0.1) is 0 Å². The van der Waals surface area contributed by atoms with E-state index in [4.69, 9.17) is 16.3 Å². The summed E-state index contributed by atoms with van der Waals surface area (Å²) in [4.78, 5) is 2.58. The summed E-state index contributed by atoms with van der Waals surface area (Å²) in [6, 6.07) is 19.7. The maximum absolute atomic E-state index is 6.01. The SMILES string of the molecule is Clc1ccc(C2=CC3COCC(C2)N3Cc2ccccc2)cc1. The highest BCUT2D eigenvalue weighted by atomic mass is 35.5. The lowest BCUT2D eigenvalue weighted by Gasteiger charge is -2.44. The summed E-state index contributed by atoms with van der Waals surface area (Å²) < 4.78 is 5.80. The molecule has 2 nitrogen and oxygen atoms in total.